The molecule has 1 N–H and O–H groups in total. The number of hydrogen-bond donors (Lipinski definition) is 1. The van der Waals surface area contributed by atoms with E-state index < -0.39 is 0 Å². The van der Waals surface area contributed by atoms with Crippen LogP contribution in [0.4, 0.5) is 5.69 Å². The van der Waals surface area contributed by atoms with Crippen LogP contribution in [0.1, 0.15) is 16.2 Å². The zero-order valence-corrected chi connectivity index (χ0v) is 12.6. The number of hydrogen-bond acceptors (Lipinski definition) is 3. The van der Waals surface area contributed by atoms with E-state index in [1.807, 2.05) is 19.1 Å². The Labute approximate surface area is 132 Å². The van der Waals surface area contributed by atoms with Crippen LogP contribution in [0.25, 0.3) is 5.69 Å². The van der Waals surface area contributed by atoms with E-state index in [-0.39, 0.29) is 5.91 Å². The van der Waals surface area contributed by atoms with Crippen LogP contribution in [0, 0.1) is 6.92 Å². The monoisotopic (exact) mass is 312 g/mol. The minimum absolute atomic E-state index is 0.281. The highest BCUT2D eigenvalue weighted by molar-refractivity contribution is 6.30. The van der Waals surface area contributed by atoms with Gasteiger partial charge in [-0.05, 0) is 43.3 Å². The standard InChI is InChI=1S/C16H13ClN4O/c1-11-14(6-3-8-18-11)19-16(22)15-7-9-21(20-15)13-5-2-4-12(17)10-13/h2-10H,1H3,(H,19,22). The van der Waals surface area contributed by atoms with Gasteiger partial charge in [-0.25, -0.2) is 4.68 Å². The topological polar surface area (TPSA) is 59.8 Å². The van der Waals surface area contributed by atoms with E-state index >= 15 is 0 Å². The number of halogens is 1. The van der Waals surface area contributed by atoms with E-state index in [0.717, 1.165) is 11.4 Å². The Morgan fingerprint density at radius 3 is 2.86 bits per heavy atom. The highest BCUT2D eigenvalue weighted by atomic mass is 35.5. The number of benzene rings is 1. The first kappa shape index (κ1) is 14.3. The van der Waals surface area contributed by atoms with Gasteiger partial charge >= 0.3 is 0 Å². The number of pyridine rings is 1. The molecule has 0 fully saturated rings. The molecule has 110 valence electrons. The number of carbonyl (C=O) groups excluding carboxylic acids is 1. The summed E-state index contributed by atoms with van der Waals surface area (Å²) in [4.78, 5) is 16.4. The van der Waals surface area contributed by atoms with E-state index in [1.165, 1.54) is 0 Å². The van der Waals surface area contributed by atoms with E-state index in [0.29, 0.717) is 16.4 Å². The number of anilines is 1. The van der Waals surface area contributed by atoms with Gasteiger partial charge in [0.1, 0.15) is 0 Å². The lowest BCUT2D eigenvalue weighted by molar-refractivity contribution is 0.102. The molecule has 0 bridgehead atoms. The molecule has 0 saturated heterocycles. The van der Waals surface area contributed by atoms with Gasteiger partial charge < -0.3 is 5.32 Å². The number of aryl methyl sites for hydroxylation is 1. The van der Waals surface area contributed by atoms with Crippen molar-refractivity contribution < 1.29 is 4.79 Å². The van der Waals surface area contributed by atoms with Gasteiger partial charge in [0.15, 0.2) is 5.69 Å². The zero-order valence-electron chi connectivity index (χ0n) is 11.8. The third-order valence-corrected chi connectivity index (χ3v) is 3.38. The minimum atomic E-state index is -0.281. The molecule has 3 rings (SSSR count). The maximum absolute atomic E-state index is 12.2. The molecular weight excluding hydrogens is 300 g/mol. The Morgan fingerprint density at radius 2 is 2.09 bits per heavy atom. The predicted octanol–water partition coefficient (Wildman–Crippen LogP) is 3.48. The maximum atomic E-state index is 12.2. The summed E-state index contributed by atoms with van der Waals surface area (Å²) in [5, 5.41) is 7.69. The molecule has 2 aromatic heterocycles. The fourth-order valence-corrected chi connectivity index (χ4v) is 2.19. The lowest BCUT2D eigenvalue weighted by atomic mass is 10.3. The molecule has 0 radical (unpaired) electrons. The second-order valence-electron chi connectivity index (χ2n) is 4.72. The van der Waals surface area contributed by atoms with Crippen LogP contribution >= 0.6 is 11.6 Å². The van der Waals surface area contributed by atoms with Crippen molar-refractivity contribution >= 4 is 23.2 Å². The Kier molecular flexibility index (Phi) is 3.89. The van der Waals surface area contributed by atoms with Crippen LogP contribution in [-0.2, 0) is 0 Å². The van der Waals surface area contributed by atoms with Crippen molar-refractivity contribution in [3.05, 3.63) is 71.3 Å². The van der Waals surface area contributed by atoms with Gasteiger partial charge in [-0.2, -0.15) is 5.10 Å². The molecule has 5 nitrogen and oxygen atoms in total. The average molecular weight is 313 g/mol. The van der Waals surface area contributed by atoms with Gasteiger partial charge in [0.25, 0.3) is 5.91 Å². The normalized spacial score (nSPS) is 10.5. The quantitative estimate of drug-likeness (QED) is 0.805. The lowest BCUT2D eigenvalue weighted by Gasteiger charge is -2.05. The second-order valence-corrected chi connectivity index (χ2v) is 5.15. The molecular formula is C16H13ClN4O. The third kappa shape index (κ3) is 2.99. The number of rotatable bonds is 3. The summed E-state index contributed by atoms with van der Waals surface area (Å²) >= 11 is 5.96. The van der Waals surface area contributed by atoms with Gasteiger partial charge in [-0.15, -0.1) is 0 Å². The first-order valence-corrected chi connectivity index (χ1v) is 7.06. The largest absolute Gasteiger partial charge is 0.319 e. The molecule has 22 heavy (non-hydrogen) atoms. The van der Waals surface area contributed by atoms with Crippen molar-refractivity contribution in [1.29, 1.82) is 0 Å². The van der Waals surface area contributed by atoms with Crippen molar-refractivity contribution in [1.82, 2.24) is 14.8 Å². The number of nitrogens with zero attached hydrogens (tertiary/aromatic N) is 3. The van der Waals surface area contributed by atoms with Crippen molar-refractivity contribution in [2.75, 3.05) is 5.32 Å². The van der Waals surface area contributed by atoms with E-state index in [9.17, 15) is 4.79 Å². The Bertz CT molecular complexity index is 828. The number of aromatic nitrogens is 3. The van der Waals surface area contributed by atoms with Crippen LogP contribution in [-0.4, -0.2) is 20.7 Å². The third-order valence-electron chi connectivity index (χ3n) is 3.15. The Morgan fingerprint density at radius 1 is 1.23 bits per heavy atom. The molecule has 0 unspecified atom stereocenters. The van der Waals surface area contributed by atoms with Crippen LogP contribution in [0.3, 0.4) is 0 Å². The highest BCUT2D eigenvalue weighted by Gasteiger charge is 2.12. The molecule has 2 heterocycles. The van der Waals surface area contributed by atoms with Crippen LogP contribution < -0.4 is 5.32 Å². The molecule has 1 aromatic carbocycles. The molecule has 6 heteroatoms. The van der Waals surface area contributed by atoms with Gasteiger partial charge in [0.2, 0.25) is 0 Å². The van der Waals surface area contributed by atoms with Crippen molar-refractivity contribution in [2.45, 2.75) is 6.92 Å². The molecule has 0 aliphatic rings. The summed E-state index contributed by atoms with van der Waals surface area (Å²) in [6.07, 6.45) is 3.40. The van der Waals surface area contributed by atoms with Crippen molar-refractivity contribution in [3.63, 3.8) is 0 Å². The minimum Gasteiger partial charge on any atom is -0.319 e. The van der Waals surface area contributed by atoms with Gasteiger partial charge in [-0.1, -0.05) is 17.7 Å². The van der Waals surface area contributed by atoms with Crippen LogP contribution in [0.5, 0.6) is 0 Å². The number of nitrogens with one attached hydrogen (secondary N) is 1. The highest BCUT2D eigenvalue weighted by Crippen LogP contribution is 2.15. The predicted molar refractivity (Wildman–Crippen MR) is 85.5 cm³/mol. The summed E-state index contributed by atoms with van der Waals surface area (Å²) in [6, 6.07) is 12.5. The smallest absolute Gasteiger partial charge is 0.276 e. The second kappa shape index (κ2) is 5.99. The molecule has 0 saturated carbocycles. The maximum Gasteiger partial charge on any atom is 0.276 e. The fourth-order valence-electron chi connectivity index (χ4n) is 2.01. The molecule has 0 spiro atoms. The summed E-state index contributed by atoms with van der Waals surface area (Å²) in [7, 11) is 0. The van der Waals surface area contributed by atoms with E-state index in [2.05, 4.69) is 15.4 Å². The lowest BCUT2D eigenvalue weighted by Crippen LogP contribution is -2.14. The molecule has 0 atom stereocenters. The van der Waals surface area contributed by atoms with Crippen molar-refractivity contribution in [2.24, 2.45) is 0 Å². The summed E-state index contributed by atoms with van der Waals surface area (Å²) in [6.45, 7) is 1.83. The van der Waals surface area contributed by atoms with Crippen LogP contribution in [0.15, 0.2) is 54.9 Å². The Hall–Kier alpha value is -2.66. The zero-order chi connectivity index (χ0) is 15.5. The SMILES string of the molecule is Cc1ncccc1NC(=O)c1ccn(-c2cccc(Cl)c2)n1. The summed E-state index contributed by atoms with van der Waals surface area (Å²) in [5.74, 6) is -0.281. The Balaban J connectivity index is 1.82. The first-order valence-electron chi connectivity index (χ1n) is 6.68. The fraction of sp³-hybridized carbons (Fsp3) is 0.0625. The number of amides is 1. The first-order chi connectivity index (χ1) is 10.6. The van der Waals surface area contributed by atoms with E-state index in [1.54, 1.807) is 47.4 Å². The molecule has 0 aliphatic heterocycles. The molecule has 3 aromatic rings. The summed E-state index contributed by atoms with van der Waals surface area (Å²) < 4.78 is 1.61. The number of carbonyl (C=O) groups is 1. The van der Waals surface area contributed by atoms with Crippen LogP contribution in [0.2, 0.25) is 5.02 Å². The average Bonchev–Trinajstić information content (AvgIpc) is 2.99. The molecule has 1 amide bonds. The van der Waals surface area contributed by atoms with Gasteiger partial charge in [0.05, 0.1) is 17.1 Å². The van der Waals surface area contributed by atoms with Gasteiger partial charge in [-0.3, -0.25) is 9.78 Å². The van der Waals surface area contributed by atoms with E-state index in [4.69, 9.17) is 11.6 Å². The summed E-state index contributed by atoms with van der Waals surface area (Å²) in [5.41, 5.74) is 2.54. The molecule has 0 aliphatic carbocycles. The van der Waals surface area contributed by atoms with Gasteiger partial charge in [0, 0.05) is 17.4 Å². The van der Waals surface area contributed by atoms with Crippen molar-refractivity contribution in [3.8, 4) is 5.69 Å².